The molecular formula is C15H24O12. The van der Waals surface area contributed by atoms with E-state index in [4.69, 9.17) is 23.7 Å². The molecule has 7 N–H and O–H groups in total. The summed E-state index contributed by atoms with van der Waals surface area (Å²) >= 11 is 0. The van der Waals surface area contributed by atoms with Gasteiger partial charge in [0.25, 0.3) is 6.29 Å². The van der Waals surface area contributed by atoms with Crippen molar-refractivity contribution in [3.8, 4) is 0 Å². The van der Waals surface area contributed by atoms with E-state index in [2.05, 4.69) is 6.58 Å². The molecule has 0 spiro atoms. The van der Waals surface area contributed by atoms with E-state index < -0.39 is 80.9 Å². The van der Waals surface area contributed by atoms with Gasteiger partial charge < -0.3 is 59.4 Å². The fraction of sp³-hybridized carbons (Fsp3) is 0.867. The van der Waals surface area contributed by atoms with Crippen LogP contribution in [0.5, 0.6) is 0 Å². The van der Waals surface area contributed by atoms with Gasteiger partial charge in [-0.3, -0.25) is 0 Å². The molecule has 12 nitrogen and oxygen atoms in total. The van der Waals surface area contributed by atoms with E-state index in [1.165, 1.54) is 0 Å². The number of hydrogen-bond donors (Lipinski definition) is 7. The van der Waals surface area contributed by atoms with Gasteiger partial charge in [-0.1, -0.05) is 6.58 Å². The molecule has 0 aromatic heterocycles. The van der Waals surface area contributed by atoms with Gasteiger partial charge in [0.15, 0.2) is 12.0 Å². The fourth-order valence-corrected chi connectivity index (χ4v) is 3.04. The van der Waals surface area contributed by atoms with Gasteiger partial charge in [-0.05, 0) is 0 Å². The lowest BCUT2D eigenvalue weighted by molar-refractivity contribution is -0.386. The molecule has 0 amide bonds. The summed E-state index contributed by atoms with van der Waals surface area (Å²) < 4.78 is 26.4. The molecule has 156 valence electrons. The van der Waals surface area contributed by atoms with Crippen molar-refractivity contribution in [1.29, 1.82) is 0 Å². The maximum absolute atomic E-state index is 10.4. The maximum atomic E-state index is 10.4. The summed E-state index contributed by atoms with van der Waals surface area (Å²) in [5.74, 6) is -1.78. The zero-order chi connectivity index (χ0) is 19.9. The summed E-state index contributed by atoms with van der Waals surface area (Å²) in [6.45, 7) is 1.67. The van der Waals surface area contributed by atoms with E-state index in [-0.39, 0.29) is 0 Å². The molecule has 27 heavy (non-hydrogen) atoms. The van der Waals surface area contributed by atoms with Crippen LogP contribution >= 0.6 is 0 Å². The largest absolute Gasteiger partial charge is 0.456 e. The van der Waals surface area contributed by atoms with E-state index in [9.17, 15) is 35.7 Å². The van der Waals surface area contributed by atoms with Gasteiger partial charge in [0.2, 0.25) is 5.79 Å². The van der Waals surface area contributed by atoms with Crippen molar-refractivity contribution in [3.05, 3.63) is 12.3 Å². The van der Waals surface area contributed by atoms with Crippen molar-refractivity contribution in [2.45, 2.75) is 61.1 Å². The molecule has 10 atom stereocenters. The molecule has 0 aliphatic carbocycles. The molecule has 0 bridgehead atoms. The van der Waals surface area contributed by atoms with Gasteiger partial charge in [-0.25, -0.2) is 0 Å². The van der Waals surface area contributed by atoms with Gasteiger partial charge in [0.05, 0.1) is 13.2 Å². The van der Waals surface area contributed by atoms with Gasteiger partial charge >= 0.3 is 0 Å². The Balaban J connectivity index is 1.79. The molecule has 3 aliphatic rings. The van der Waals surface area contributed by atoms with Crippen LogP contribution in [0.2, 0.25) is 0 Å². The van der Waals surface area contributed by atoms with Gasteiger partial charge in [-0.2, -0.15) is 0 Å². The van der Waals surface area contributed by atoms with E-state index in [0.29, 0.717) is 5.76 Å². The number of aliphatic hydroxyl groups is 7. The predicted octanol–water partition coefficient (Wildman–Crippen LogP) is -4.50. The minimum atomic E-state index is -2.10. The molecule has 3 saturated heterocycles. The molecule has 0 aromatic rings. The smallest absolute Gasteiger partial charge is 0.258 e. The number of epoxide rings is 1. The SMILES string of the molecule is C=C1OC1OC[C@@]1(O[C@H]2O[C@H](CO)[C@@H](O)[C@H](O)[C@H]2O)O[C@H](CO)[C@@H](O)[C@@H]1O. The first-order chi connectivity index (χ1) is 12.7. The highest BCUT2D eigenvalue weighted by Crippen LogP contribution is 2.38. The number of hydrogen-bond acceptors (Lipinski definition) is 12. The highest BCUT2D eigenvalue weighted by Gasteiger charge is 2.59. The second-order valence-corrected chi connectivity index (χ2v) is 6.63. The fourth-order valence-electron chi connectivity index (χ4n) is 3.04. The summed E-state index contributed by atoms with van der Waals surface area (Å²) in [6.07, 6.45) is -13.3. The lowest BCUT2D eigenvalue weighted by Gasteiger charge is -2.43. The van der Waals surface area contributed by atoms with E-state index >= 15 is 0 Å². The predicted molar refractivity (Wildman–Crippen MR) is 81.5 cm³/mol. The van der Waals surface area contributed by atoms with Crippen molar-refractivity contribution >= 4 is 0 Å². The average molecular weight is 396 g/mol. The third kappa shape index (κ3) is 3.83. The highest BCUT2D eigenvalue weighted by molar-refractivity contribution is 5.04. The third-order valence-corrected chi connectivity index (χ3v) is 4.75. The van der Waals surface area contributed by atoms with Crippen LogP contribution in [0.15, 0.2) is 12.3 Å². The number of aliphatic hydroxyl groups excluding tert-OH is 7. The van der Waals surface area contributed by atoms with E-state index in [1.54, 1.807) is 0 Å². The van der Waals surface area contributed by atoms with Crippen molar-refractivity contribution in [1.82, 2.24) is 0 Å². The van der Waals surface area contributed by atoms with Crippen molar-refractivity contribution in [2.24, 2.45) is 0 Å². The van der Waals surface area contributed by atoms with Gasteiger partial charge in [0.1, 0.15) is 49.3 Å². The Hall–Kier alpha value is -0.900. The Morgan fingerprint density at radius 3 is 2.07 bits per heavy atom. The Morgan fingerprint density at radius 1 is 0.926 bits per heavy atom. The average Bonchev–Trinajstić information content (AvgIpc) is 3.32. The van der Waals surface area contributed by atoms with Crippen LogP contribution in [0.3, 0.4) is 0 Å². The quantitative estimate of drug-likeness (QED) is 0.204. The molecule has 12 heteroatoms. The lowest BCUT2D eigenvalue weighted by Crippen LogP contribution is -2.62. The van der Waals surface area contributed by atoms with Crippen molar-refractivity contribution in [2.75, 3.05) is 19.8 Å². The maximum Gasteiger partial charge on any atom is 0.258 e. The Kier molecular flexibility index (Phi) is 6.05. The minimum absolute atomic E-state index is 0.324. The molecule has 0 aromatic carbocycles. The third-order valence-electron chi connectivity index (χ3n) is 4.75. The number of rotatable bonds is 7. The monoisotopic (exact) mass is 396 g/mol. The first kappa shape index (κ1) is 20.8. The van der Waals surface area contributed by atoms with Crippen molar-refractivity contribution < 1.29 is 59.4 Å². The normalized spacial score (nSPS) is 49.9. The van der Waals surface area contributed by atoms with Crippen molar-refractivity contribution in [3.63, 3.8) is 0 Å². The van der Waals surface area contributed by atoms with Crippen LogP contribution in [-0.2, 0) is 23.7 Å². The molecule has 0 radical (unpaired) electrons. The van der Waals surface area contributed by atoms with E-state index in [0.717, 1.165) is 0 Å². The zero-order valence-corrected chi connectivity index (χ0v) is 14.2. The zero-order valence-electron chi connectivity index (χ0n) is 14.2. The Labute approximate surface area is 153 Å². The standard InChI is InChI=1S/C15H24O12/c1-5-13(24-5)23-4-15(12(22)9(19)7(3-17)26-15)27-14-11(21)10(20)8(18)6(2-16)25-14/h6-14,16-22H,1-4H2/t6-,7-,8-,9-,10+,11-,12+,13?,14-,15+/m1/s1. The lowest BCUT2D eigenvalue weighted by atomic mass is 9.99. The molecule has 3 rings (SSSR count). The van der Waals surface area contributed by atoms with E-state index in [1.807, 2.05) is 0 Å². The summed E-state index contributed by atoms with van der Waals surface area (Å²) in [5.41, 5.74) is 0. The molecule has 3 fully saturated rings. The minimum Gasteiger partial charge on any atom is -0.456 e. The second-order valence-electron chi connectivity index (χ2n) is 6.63. The van der Waals surface area contributed by atoms with Crippen LogP contribution in [0.4, 0.5) is 0 Å². The summed E-state index contributed by atoms with van der Waals surface area (Å²) in [7, 11) is 0. The summed E-state index contributed by atoms with van der Waals surface area (Å²) in [6, 6.07) is 0. The summed E-state index contributed by atoms with van der Waals surface area (Å²) in [5, 5.41) is 68.9. The Morgan fingerprint density at radius 2 is 1.56 bits per heavy atom. The first-order valence-corrected chi connectivity index (χ1v) is 8.34. The molecule has 3 heterocycles. The molecular weight excluding hydrogens is 372 g/mol. The first-order valence-electron chi connectivity index (χ1n) is 8.34. The Bertz CT molecular complexity index is 543. The van der Waals surface area contributed by atoms with Gasteiger partial charge in [-0.15, -0.1) is 0 Å². The van der Waals surface area contributed by atoms with Crippen LogP contribution in [0, 0.1) is 0 Å². The summed E-state index contributed by atoms with van der Waals surface area (Å²) in [4.78, 5) is 0. The number of ether oxygens (including phenoxy) is 5. The van der Waals surface area contributed by atoms with Crippen LogP contribution < -0.4 is 0 Å². The topological polar surface area (TPSA) is 191 Å². The molecule has 0 saturated carbocycles. The molecule has 1 unspecified atom stereocenters. The van der Waals surface area contributed by atoms with Crippen LogP contribution in [-0.4, -0.2) is 117 Å². The van der Waals surface area contributed by atoms with Crippen LogP contribution in [0.1, 0.15) is 0 Å². The highest BCUT2D eigenvalue weighted by atomic mass is 16.8. The molecule has 3 aliphatic heterocycles. The van der Waals surface area contributed by atoms with Crippen LogP contribution in [0.25, 0.3) is 0 Å². The second kappa shape index (κ2) is 7.85. The van der Waals surface area contributed by atoms with Gasteiger partial charge in [0, 0.05) is 0 Å².